The number of nitrogens with two attached hydrogens (primary N) is 1. The van der Waals surface area contributed by atoms with E-state index in [-0.39, 0.29) is 26.2 Å². The molecule has 0 saturated carbocycles. The molecule has 1 amide bonds. The Balaban J connectivity index is 0. The molecule has 2 nitrogen and oxygen atoms in total. The SMILES string of the molecule is C=CC(N)=O.[AtH]. The van der Waals surface area contributed by atoms with E-state index in [4.69, 9.17) is 0 Å². The number of primary amides is 1. The van der Waals surface area contributed by atoms with E-state index in [1.807, 2.05) is 0 Å². The first-order valence-corrected chi connectivity index (χ1v) is 1.19. The van der Waals surface area contributed by atoms with Crippen molar-refractivity contribution in [3.63, 3.8) is 0 Å². The van der Waals surface area contributed by atoms with E-state index in [2.05, 4.69) is 12.3 Å². The molecule has 0 saturated heterocycles. The Labute approximate surface area is 55.5 Å². The van der Waals surface area contributed by atoms with Gasteiger partial charge in [0.1, 0.15) is 0 Å². The Hall–Kier alpha value is 0.0931. The van der Waals surface area contributed by atoms with Crippen molar-refractivity contribution in [1.29, 1.82) is 0 Å². The minimum atomic E-state index is -0.481. The van der Waals surface area contributed by atoms with Crippen LogP contribution < -0.4 is 5.73 Å². The summed E-state index contributed by atoms with van der Waals surface area (Å²) in [5.74, 6) is -0.481. The second-order valence-corrected chi connectivity index (χ2v) is 0.606. The zero-order valence-electron chi connectivity index (χ0n) is 3.18. The first-order valence-electron chi connectivity index (χ1n) is 1.19. The molecule has 36 valence electrons. The maximum atomic E-state index is 9.47. The van der Waals surface area contributed by atoms with Crippen LogP contribution in [0.25, 0.3) is 0 Å². The van der Waals surface area contributed by atoms with Gasteiger partial charge < -0.3 is 5.73 Å². The van der Waals surface area contributed by atoms with Crippen LogP contribution in [-0.2, 0) is 4.79 Å². The summed E-state index contributed by atoms with van der Waals surface area (Å²) in [6, 6.07) is 0. The van der Waals surface area contributed by atoms with Crippen LogP contribution >= 0.6 is 0 Å². The second-order valence-electron chi connectivity index (χ2n) is 0.606. The van der Waals surface area contributed by atoms with Crippen molar-refractivity contribution in [2.45, 2.75) is 0 Å². The third-order valence-electron chi connectivity index (χ3n) is 0.201. The Bertz CT molecular complexity index is 61.8. The molecule has 0 fully saturated rings. The van der Waals surface area contributed by atoms with Crippen LogP contribution in [0.2, 0.25) is 0 Å². The molecular formula is C3H6AtNO. The molecule has 0 spiro atoms. The molecule has 0 aromatic carbocycles. The van der Waals surface area contributed by atoms with Crippen LogP contribution in [0.15, 0.2) is 12.7 Å². The van der Waals surface area contributed by atoms with Crippen molar-refractivity contribution in [3.05, 3.63) is 12.7 Å². The molecule has 6 heavy (non-hydrogen) atoms. The third kappa shape index (κ3) is 8.94. The number of carbonyl (C=O) groups is 1. The first-order chi connectivity index (χ1) is 2.27. The van der Waals surface area contributed by atoms with E-state index in [0.717, 1.165) is 6.08 Å². The van der Waals surface area contributed by atoms with Crippen LogP contribution in [0, 0.1) is 26.2 Å². The van der Waals surface area contributed by atoms with E-state index in [1.165, 1.54) is 0 Å². The normalized spacial score (nSPS) is 5.33. The first kappa shape index (κ1) is 9.43. The summed E-state index contributed by atoms with van der Waals surface area (Å²) in [7, 11) is 0. The van der Waals surface area contributed by atoms with Crippen molar-refractivity contribution in [3.8, 4) is 0 Å². The molecule has 0 aromatic rings. The fourth-order valence-electron chi connectivity index (χ4n) is 0. The predicted octanol–water partition coefficient (Wildman–Crippen LogP) is -0.610. The Morgan fingerprint density at radius 1 is 1.83 bits per heavy atom. The van der Waals surface area contributed by atoms with Crippen molar-refractivity contribution < 1.29 is 31.0 Å². The number of hydrogen-bond donors (Lipinski definition) is 1. The zero-order valence-corrected chi connectivity index (χ0v) is 6.35. The van der Waals surface area contributed by atoms with Gasteiger partial charge >= 0.3 is 26.2 Å². The van der Waals surface area contributed by atoms with E-state index in [0.29, 0.717) is 0 Å². The molecule has 0 bridgehead atoms. The van der Waals surface area contributed by atoms with Gasteiger partial charge in [-0.15, -0.1) is 0 Å². The van der Waals surface area contributed by atoms with Crippen LogP contribution in [0.1, 0.15) is 0 Å². The van der Waals surface area contributed by atoms with Crippen LogP contribution in [0.5, 0.6) is 0 Å². The number of carbonyl (C=O) groups excluding carboxylic acids is 1. The van der Waals surface area contributed by atoms with Gasteiger partial charge in [0.15, 0.2) is 0 Å². The zero-order chi connectivity index (χ0) is 4.28. The summed E-state index contributed by atoms with van der Waals surface area (Å²) in [5, 5.41) is 0. The van der Waals surface area contributed by atoms with Crippen molar-refractivity contribution >= 4 is 5.91 Å². The van der Waals surface area contributed by atoms with Crippen LogP contribution in [0.4, 0.5) is 0 Å². The van der Waals surface area contributed by atoms with Crippen molar-refractivity contribution in [2.75, 3.05) is 0 Å². The van der Waals surface area contributed by atoms with Crippen LogP contribution in [-0.4, -0.2) is 5.91 Å². The molecule has 0 rings (SSSR count). The molecule has 0 atom stereocenters. The van der Waals surface area contributed by atoms with Gasteiger partial charge in [0.25, 0.3) is 0 Å². The van der Waals surface area contributed by atoms with E-state index < -0.39 is 5.91 Å². The minimum absolute atomic E-state index is 0. The molecule has 0 aromatic heterocycles. The molecule has 0 radical (unpaired) electrons. The molecule has 3 heteroatoms. The number of hydrogen-bond acceptors (Lipinski definition) is 1. The maximum absolute atomic E-state index is 9.47. The van der Waals surface area contributed by atoms with Crippen molar-refractivity contribution in [1.82, 2.24) is 0 Å². The van der Waals surface area contributed by atoms with E-state index in [1.54, 1.807) is 0 Å². The average Bonchev–Trinajstić information content (AvgIpc) is 1.38. The van der Waals surface area contributed by atoms with Gasteiger partial charge in [-0.05, 0) is 6.08 Å². The second kappa shape index (κ2) is 5.09. The fourth-order valence-corrected chi connectivity index (χ4v) is 0. The van der Waals surface area contributed by atoms with Gasteiger partial charge in [-0.3, -0.25) is 4.79 Å². The molecule has 0 unspecified atom stereocenters. The predicted molar refractivity (Wildman–Crippen MR) is 20.8 cm³/mol. The Kier molecular flexibility index (Phi) is 8.01. The average molecular weight is 282 g/mol. The Morgan fingerprint density at radius 2 is 2.00 bits per heavy atom. The summed E-state index contributed by atoms with van der Waals surface area (Å²) < 4.78 is 0. The summed E-state index contributed by atoms with van der Waals surface area (Å²) in [5.41, 5.74) is 4.53. The molecule has 0 aliphatic heterocycles. The van der Waals surface area contributed by atoms with Crippen LogP contribution in [0.3, 0.4) is 0 Å². The molecule has 0 aliphatic rings. The number of rotatable bonds is 1. The van der Waals surface area contributed by atoms with Crippen molar-refractivity contribution in [2.24, 2.45) is 5.73 Å². The third-order valence-corrected chi connectivity index (χ3v) is 0.201. The van der Waals surface area contributed by atoms with Gasteiger partial charge in [0, 0.05) is 0 Å². The quantitative estimate of drug-likeness (QED) is 0.641. The van der Waals surface area contributed by atoms with Gasteiger partial charge in [0.2, 0.25) is 5.91 Å². The Morgan fingerprint density at radius 3 is 2.00 bits per heavy atom. The molecule has 0 aliphatic carbocycles. The standard InChI is InChI=1S/C3H5NO.AtH/c1-2-3(4)5;/h2H,1H2,(H2,4,5);1H. The van der Waals surface area contributed by atoms with Gasteiger partial charge in [0.05, 0.1) is 0 Å². The summed E-state index contributed by atoms with van der Waals surface area (Å²) in [4.78, 5) is 9.47. The summed E-state index contributed by atoms with van der Waals surface area (Å²) in [6.45, 7) is 3.09. The van der Waals surface area contributed by atoms with E-state index in [9.17, 15) is 4.79 Å². The molecule has 0 heterocycles. The van der Waals surface area contributed by atoms with Gasteiger partial charge in [-0.25, -0.2) is 0 Å². The monoisotopic (exact) mass is 282 g/mol. The topological polar surface area (TPSA) is 43.1 Å². The molecular weight excluding hydrogens is 276 g/mol. The van der Waals surface area contributed by atoms with Gasteiger partial charge in [-0.1, -0.05) is 6.58 Å². The summed E-state index contributed by atoms with van der Waals surface area (Å²) >= 11 is 0. The van der Waals surface area contributed by atoms with E-state index >= 15 is 0 Å². The number of amides is 1. The van der Waals surface area contributed by atoms with Gasteiger partial charge in [-0.2, -0.15) is 0 Å². The summed E-state index contributed by atoms with van der Waals surface area (Å²) in [6.07, 6.45) is 1.06. The fraction of sp³-hybridized carbons (Fsp3) is 0. The molecule has 2 N–H and O–H groups in total.